The number of rotatable bonds is 6. The number of nitrogens with zero attached hydrogens (tertiary/aromatic N) is 2. The molecule has 6 nitrogen and oxygen atoms in total. The number of hydrogen-bond donors (Lipinski definition) is 2. The Morgan fingerprint density at radius 3 is 2.38 bits per heavy atom. The van der Waals surface area contributed by atoms with E-state index in [2.05, 4.69) is 51.7 Å². The lowest BCUT2D eigenvalue weighted by molar-refractivity contribution is 0.185. The number of sulfone groups is 1. The number of aliphatic imine (C=N–C) groups is 1. The van der Waals surface area contributed by atoms with E-state index in [1.165, 1.54) is 31.5 Å². The Bertz CT molecular complexity index is 759. The highest BCUT2D eigenvalue weighted by atomic mass is 127. The first-order valence-electron chi connectivity index (χ1n) is 10.5. The van der Waals surface area contributed by atoms with Crippen molar-refractivity contribution in [2.75, 3.05) is 31.1 Å². The van der Waals surface area contributed by atoms with Gasteiger partial charge in [-0.3, -0.25) is 4.90 Å². The molecule has 0 aliphatic carbocycles. The van der Waals surface area contributed by atoms with Crippen LogP contribution in [0, 0.1) is 5.92 Å². The molecule has 0 amide bonds. The molecule has 2 saturated heterocycles. The number of nitrogens with one attached hydrogen (secondary N) is 2. The fourth-order valence-corrected chi connectivity index (χ4v) is 5.49. The number of piperidine rings is 1. The SMILES string of the molecule is CCNC(=NCc1ccc(CN2CCC(C)CC2)cc1)NC1CCS(=O)(=O)C1.I. The molecule has 0 bridgehead atoms. The summed E-state index contributed by atoms with van der Waals surface area (Å²) in [4.78, 5) is 7.18. The molecule has 1 aromatic rings. The zero-order chi connectivity index (χ0) is 20.0. The first kappa shape index (κ1) is 24.4. The van der Waals surface area contributed by atoms with Crippen molar-refractivity contribution in [3.63, 3.8) is 0 Å². The standard InChI is InChI=1S/C21H34N4O2S.HI/c1-3-22-21(24-20-10-13-28(26,27)16-20)23-14-18-4-6-19(7-5-18)15-25-11-8-17(2)9-12-25;/h4-7,17,20H,3,8-16H2,1-2H3,(H2,22,23,24);1H. The van der Waals surface area contributed by atoms with Crippen molar-refractivity contribution in [2.45, 2.75) is 52.2 Å². The Labute approximate surface area is 192 Å². The van der Waals surface area contributed by atoms with E-state index < -0.39 is 9.84 Å². The van der Waals surface area contributed by atoms with Crippen LogP contribution in [0.25, 0.3) is 0 Å². The summed E-state index contributed by atoms with van der Waals surface area (Å²) < 4.78 is 23.3. The van der Waals surface area contributed by atoms with Crippen LogP contribution in [0.1, 0.15) is 44.2 Å². The zero-order valence-electron chi connectivity index (χ0n) is 17.6. The molecule has 2 aliphatic rings. The molecule has 0 saturated carbocycles. The Morgan fingerprint density at radius 2 is 1.79 bits per heavy atom. The smallest absolute Gasteiger partial charge is 0.191 e. The molecule has 164 valence electrons. The summed E-state index contributed by atoms with van der Waals surface area (Å²) in [6.45, 7) is 9.10. The molecule has 2 N–H and O–H groups in total. The first-order valence-corrected chi connectivity index (χ1v) is 12.3. The molecular weight excluding hydrogens is 499 g/mol. The molecule has 8 heteroatoms. The van der Waals surface area contributed by atoms with Crippen molar-refractivity contribution >= 4 is 39.8 Å². The second-order valence-corrected chi connectivity index (χ2v) is 10.4. The van der Waals surface area contributed by atoms with Gasteiger partial charge >= 0.3 is 0 Å². The third kappa shape index (κ3) is 8.05. The van der Waals surface area contributed by atoms with Crippen molar-refractivity contribution in [3.05, 3.63) is 35.4 Å². The summed E-state index contributed by atoms with van der Waals surface area (Å²) in [5.41, 5.74) is 2.51. The minimum Gasteiger partial charge on any atom is -0.357 e. The maximum absolute atomic E-state index is 11.6. The van der Waals surface area contributed by atoms with Crippen LogP contribution >= 0.6 is 24.0 Å². The summed E-state index contributed by atoms with van der Waals surface area (Å²) in [5.74, 6) is 2.01. The van der Waals surface area contributed by atoms with Gasteiger partial charge in [0.15, 0.2) is 15.8 Å². The summed E-state index contributed by atoms with van der Waals surface area (Å²) >= 11 is 0. The van der Waals surface area contributed by atoms with E-state index in [0.717, 1.165) is 24.6 Å². The van der Waals surface area contributed by atoms with Gasteiger partial charge in [-0.15, -0.1) is 24.0 Å². The first-order chi connectivity index (χ1) is 13.4. The second kappa shape index (κ2) is 11.5. The molecule has 0 radical (unpaired) electrons. The molecule has 1 aromatic carbocycles. The van der Waals surface area contributed by atoms with Crippen LogP contribution < -0.4 is 10.6 Å². The van der Waals surface area contributed by atoms with Gasteiger partial charge in [-0.2, -0.15) is 0 Å². The van der Waals surface area contributed by atoms with Crippen molar-refractivity contribution in [2.24, 2.45) is 10.9 Å². The average molecular weight is 535 g/mol. The molecule has 3 rings (SSSR count). The quantitative estimate of drug-likeness (QED) is 0.334. The second-order valence-electron chi connectivity index (χ2n) is 8.21. The maximum Gasteiger partial charge on any atom is 0.191 e. The number of benzene rings is 1. The average Bonchev–Trinajstić information content (AvgIpc) is 3.01. The molecule has 2 fully saturated rings. The van der Waals surface area contributed by atoms with Crippen LogP contribution in [0.5, 0.6) is 0 Å². The van der Waals surface area contributed by atoms with E-state index in [1.54, 1.807) is 0 Å². The molecular formula is C21H35IN4O2S. The minimum absolute atomic E-state index is 0. The number of likely N-dealkylation sites (tertiary alicyclic amines) is 1. The third-order valence-electron chi connectivity index (χ3n) is 5.64. The highest BCUT2D eigenvalue weighted by Gasteiger charge is 2.28. The summed E-state index contributed by atoms with van der Waals surface area (Å²) in [6, 6.07) is 8.65. The predicted molar refractivity (Wildman–Crippen MR) is 131 cm³/mol. The molecule has 1 atom stereocenters. The summed E-state index contributed by atoms with van der Waals surface area (Å²) in [7, 11) is -2.89. The van der Waals surface area contributed by atoms with Crippen molar-refractivity contribution < 1.29 is 8.42 Å². The Balaban J connectivity index is 0.00000300. The lowest BCUT2D eigenvalue weighted by atomic mass is 9.99. The molecule has 0 aromatic heterocycles. The minimum atomic E-state index is -2.89. The van der Waals surface area contributed by atoms with Crippen LogP contribution in [0.2, 0.25) is 0 Å². The number of hydrogen-bond acceptors (Lipinski definition) is 4. The van der Waals surface area contributed by atoms with E-state index in [-0.39, 0.29) is 41.5 Å². The molecule has 29 heavy (non-hydrogen) atoms. The Kier molecular flexibility index (Phi) is 9.68. The Hall–Kier alpha value is -0.870. The zero-order valence-corrected chi connectivity index (χ0v) is 20.7. The van der Waals surface area contributed by atoms with Crippen LogP contribution in [0.4, 0.5) is 0 Å². The van der Waals surface area contributed by atoms with Gasteiger partial charge in [-0.1, -0.05) is 31.2 Å². The van der Waals surface area contributed by atoms with Crippen LogP contribution in [-0.2, 0) is 22.9 Å². The molecule has 1 unspecified atom stereocenters. The van der Waals surface area contributed by atoms with Gasteiger partial charge in [0.1, 0.15) is 0 Å². The van der Waals surface area contributed by atoms with Crippen LogP contribution in [0.15, 0.2) is 29.3 Å². The lowest BCUT2D eigenvalue weighted by Gasteiger charge is -2.30. The fourth-order valence-electron chi connectivity index (χ4n) is 3.82. The third-order valence-corrected chi connectivity index (χ3v) is 7.41. The topological polar surface area (TPSA) is 73.8 Å². The molecule has 2 aliphatic heterocycles. The van der Waals surface area contributed by atoms with Gasteiger partial charge in [0, 0.05) is 19.1 Å². The van der Waals surface area contributed by atoms with E-state index >= 15 is 0 Å². The summed E-state index contributed by atoms with van der Waals surface area (Å²) in [6.07, 6.45) is 3.25. The van der Waals surface area contributed by atoms with Gasteiger partial charge < -0.3 is 10.6 Å². The van der Waals surface area contributed by atoms with Gasteiger partial charge in [-0.05, 0) is 56.3 Å². The van der Waals surface area contributed by atoms with Crippen molar-refractivity contribution in [3.8, 4) is 0 Å². The maximum atomic E-state index is 11.6. The van der Waals surface area contributed by atoms with E-state index in [1.807, 2.05) is 6.92 Å². The fraction of sp³-hybridized carbons (Fsp3) is 0.667. The number of guanidine groups is 1. The van der Waals surface area contributed by atoms with Gasteiger partial charge in [0.2, 0.25) is 0 Å². The molecule has 0 spiro atoms. The Morgan fingerprint density at radius 1 is 1.14 bits per heavy atom. The predicted octanol–water partition coefficient (Wildman–Crippen LogP) is 2.78. The van der Waals surface area contributed by atoms with E-state index in [4.69, 9.17) is 0 Å². The summed E-state index contributed by atoms with van der Waals surface area (Å²) in [5, 5.41) is 6.48. The van der Waals surface area contributed by atoms with Crippen LogP contribution in [-0.4, -0.2) is 56.5 Å². The van der Waals surface area contributed by atoms with Crippen molar-refractivity contribution in [1.82, 2.24) is 15.5 Å². The lowest BCUT2D eigenvalue weighted by Crippen LogP contribution is -2.44. The van der Waals surface area contributed by atoms with Gasteiger partial charge in [0.05, 0.1) is 18.1 Å². The van der Waals surface area contributed by atoms with Gasteiger partial charge in [0.25, 0.3) is 0 Å². The monoisotopic (exact) mass is 534 g/mol. The largest absolute Gasteiger partial charge is 0.357 e. The van der Waals surface area contributed by atoms with E-state index in [9.17, 15) is 8.42 Å². The number of halogens is 1. The van der Waals surface area contributed by atoms with Crippen LogP contribution in [0.3, 0.4) is 0 Å². The van der Waals surface area contributed by atoms with Crippen molar-refractivity contribution in [1.29, 1.82) is 0 Å². The van der Waals surface area contributed by atoms with E-state index in [0.29, 0.717) is 18.9 Å². The van der Waals surface area contributed by atoms with Gasteiger partial charge in [-0.25, -0.2) is 13.4 Å². The highest BCUT2D eigenvalue weighted by molar-refractivity contribution is 14.0. The normalized spacial score (nSPS) is 22.8. The molecule has 2 heterocycles. The highest BCUT2D eigenvalue weighted by Crippen LogP contribution is 2.18.